The zero-order chi connectivity index (χ0) is 13.8. The van der Waals surface area contributed by atoms with Crippen LogP contribution in [0.25, 0.3) is 0 Å². The van der Waals surface area contributed by atoms with E-state index < -0.39 is 11.7 Å². The summed E-state index contributed by atoms with van der Waals surface area (Å²) in [5.41, 5.74) is -0.368. The first kappa shape index (κ1) is 14.8. The summed E-state index contributed by atoms with van der Waals surface area (Å²) in [4.78, 5) is 1.62. The molecule has 0 heterocycles. The molecule has 18 heavy (non-hydrogen) atoms. The zero-order valence-corrected chi connectivity index (χ0v) is 10.9. The van der Waals surface area contributed by atoms with Crippen molar-refractivity contribution in [1.82, 2.24) is 5.32 Å². The maximum absolute atomic E-state index is 12.8. The van der Waals surface area contributed by atoms with Crippen LogP contribution in [0.3, 0.4) is 0 Å². The SMILES string of the molecule is CC(C)NCCN(C)c1ccccc1C(F)(F)F. The van der Waals surface area contributed by atoms with Crippen molar-refractivity contribution in [1.29, 1.82) is 0 Å². The summed E-state index contributed by atoms with van der Waals surface area (Å²) >= 11 is 0. The smallest absolute Gasteiger partial charge is 0.373 e. The van der Waals surface area contributed by atoms with Crippen LogP contribution in [0.1, 0.15) is 19.4 Å². The van der Waals surface area contributed by atoms with E-state index in [1.807, 2.05) is 13.8 Å². The monoisotopic (exact) mass is 260 g/mol. The molecule has 1 aromatic rings. The summed E-state index contributed by atoms with van der Waals surface area (Å²) in [6.07, 6.45) is -4.31. The molecule has 0 aliphatic carbocycles. The Morgan fingerprint density at radius 3 is 2.39 bits per heavy atom. The van der Waals surface area contributed by atoms with E-state index >= 15 is 0 Å². The molecule has 0 aliphatic heterocycles. The van der Waals surface area contributed by atoms with Crippen molar-refractivity contribution in [2.45, 2.75) is 26.1 Å². The molecule has 0 radical (unpaired) electrons. The molecule has 2 nitrogen and oxygen atoms in total. The molecule has 0 spiro atoms. The van der Waals surface area contributed by atoms with Gasteiger partial charge in [-0.25, -0.2) is 0 Å². The third-order valence-corrected chi connectivity index (χ3v) is 2.62. The van der Waals surface area contributed by atoms with Crippen LogP contribution in [0.15, 0.2) is 24.3 Å². The Morgan fingerprint density at radius 2 is 1.83 bits per heavy atom. The van der Waals surface area contributed by atoms with Crippen LogP contribution in [0, 0.1) is 0 Å². The lowest BCUT2D eigenvalue weighted by Crippen LogP contribution is -2.33. The lowest BCUT2D eigenvalue weighted by molar-refractivity contribution is -0.137. The topological polar surface area (TPSA) is 15.3 Å². The molecule has 0 unspecified atom stereocenters. The second-order valence-electron chi connectivity index (χ2n) is 4.55. The second-order valence-corrected chi connectivity index (χ2v) is 4.55. The number of hydrogen-bond donors (Lipinski definition) is 1. The number of benzene rings is 1. The Kier molecular flexibility index (Phi) is 5.02. The van der Waals surface area contributed by atoms with E-state index in [0.717, 1.165) is 6.07 Å². The highest BCUT2D eigenvalue weighted by atomic mass is 19.4. The predicted molar refractivity (Wildman–Crippen MR) is 67.9 cm³/mol. The van der Waals surface area contributed by atoms with Gasteiger partial charge >= 0.3 is 6.18 Å². The summed E-state index contributed by atoms with van der Waals surface area (Å²) in [5, 5.41) is 3.18. The number of para-hydroxylation sites is 1. The molecule has 0 aromatic heterocycles. The van der Waals surface area contributed by atoms with Gasteiger partial charge in [0.1, 0.15) is 0 Å². The molecule has 0 amide bonds. The average molecular weight is 260 g/mol. The number of nitrogens with zero attached hydrogens (tertiary/aromatic N) is 1. The van der Waals surface area contributed by atoms with Gasteiger partial charge in [0, 0.05) is 31.9 Å². The van der Waals surface area contributed by atoms with E-state index in [0.29, 0.717) is 19.1 Å². The Labute approximate surface area is 106 Å². The minimum atomic E-state index is -4.31. The zero-order valence-electron chi connectivity index (χ0n) is 10.9. The van der Waals surface area contributed by atoms with Crippen molar-refractivity contribution in [3.8, 4) is 0 Å². The van der Waals surface area contributed by atoms with Crippen molar-refractivity contribution in [3.63, 3.8) is 0 Å². The fourth-order valence-corrected chi connectivity index (χ4v) is 1.69. The summed E-state index contributed by atoms with van der Waals surface area (Å²) in [6, 6.07) is 5.97. The first-order valence-electron chi connectivity index (χ1n) is 5.93. The van der Waals surface area contributed by atoms with Crippen LogP contribution in [0.2, 0.25) is 0 Å². The molecular formula is C13H19F3N2. The Hall–Kier alpha value is -1.23. The van der Waals surface area contributed by atoms with Gasteiger partial charge in [0.05, 0.1) is 5.56 Å². The molecule has 1 rings (SSSR count). The molecule has 5 heteroatoms. The third kappa shape index (κ3) is 4.22. The van der Waals surface area contributed by atoms with Crippen LogP contribution in [0.4, 0.5) is 18.9 Å². The normalized spacial score (nSPS) is 11.9. The van der Waals surface area contributed by atoms with Crippen molar-refractivity contribution in [3.05, 3.63) is 29.8 Å². The van der Waals surface area contributed by atoms with Crippen LogP contribution in [0.5, 0.6) is 0 Å². The number of rotatable bonds is 5. The van der Waals surface area contributed by atoms with Gasteiger partial charge in [0.15, 0.2) is 0 Å². The van der Waals surface area contributed by atoms with Gasteiger partial charge in [0.25, 0.3) is 0 Å². The lowest BCUT2D eigenvalue weighted by Gasteiger charge is -2.24. The average Bonchev–Trinajstić information content (AvgIpc) is 2.27. The fraction of sp³-hybridized carbons (Fsp3) is 0.538. The predicted octanol–water partition coefficient (Wildman–Crippen LogP) is 3.14. The van der Waals surface area contributed by atoms with E-state index in [9.17, 15) is 13.2 Å². The van der Waals surface area contributed by atoms with Gasteiger partial charge in [-0.2, -0.15) is 13.2 Å². The molecular weight excluding hydrogens is 241 g/mol. The molecule has 0 saturated heterocycles. The summed E-state index contributed by atoms with van der Waals surface area (Å²) in [7, 11) is 1.67. The second kappa shape index (κ2) is 6.09. The molecule has 1 aromatic carbocycles. The van der Waals surface area contributed by atoms with Gasteiger partial charge in [0.2, 0.25) is 0 Å². The third-order valence-electron chi connectivity index (χ3n) is 2.62. The molecule has 0 fully saturated rings. The maximum Gasteiger partial charge on any atom is 0.418 e. The van der Waals surface area contributed by atoms with Crippen molar-refractivity contribution in [2.75, 3.05) is 25.0 Å². The van der Waals surface area contributed by atoms with Crippen molar-refractivity contribution in [2.24, 2.45) is 0 Å². The van der Waals surface area contributed by atoms with Crippen LogP contribution >= 0.6 is 0 Å². The van der Waals surface area contributed by atoms with Crippen LogP contribution in [-0.2, 0) is 6.18 Å². The fourth-order valence-electron chi connectivity index (χ4n) is 1.69. The molecule has 102 valence electrons. The molecule has 0 atom stereocenters. The number of anilines is 1. The number of hydrogen-bond acceptors (Lipinski definition) is 2. The number of likely N-dealkylation sites (N-methyl/N-ethyl adjacent to an activating group) is 1. The van der Waals surface area contributed by atoms with Crippen LogP contribution < -0.4 is 10.2 Å². The Balaban J connectivity index is 2.76. The van der Waals surface area contributed by atoms with E-state index in [4.69, 9.17) is 0 Å². The van der Waals surface area contributed by atoms with Gasteiger partial charge < -0.3 is 10.2 Å². The molecule has 1 N–H and O–H groups in total. The van der Waals surface area contributed by atoms with Gasteiger partial charge in [-0.05, 0) is 12.1 Å². The largest absolute Gasteiger partial charge is 0.418 e. The number of nitrogens with one attached hydrogen (secondary N) is 1. The highest BCUT2D eigenvalue weighted by Crippen LogP contribution is 2.35. The van der Waals surface area contributed by atoms with Gasteiger partial charge in [-0.15, -0.1) is 0 Å². The van der Waals surface area contributed by atoms with Gasteiger partial charge in [-0.1, -0.05) is 26.0 Å². The Morgan fingerprint density at radius 1 is 1.22 bits per heavy atom. The molecule has 0 aliphatic rings. The minimum absolute atomic E-state index is 0.218. The van der Waals surface area contributed by atoms with E-state index in [-0.39, 0.29) is 5.69 Å². The highest BCUT2D eigenvalue weighted by Gasteiger charge is 2.33. The summed E-state index contributed by atoms with van der Waals surface area (Å²) in [5.74, 6) is 0. The maximum atomic E-state index is 12.8. The van der Waals surface area contributed by atoms with Gasteiger partial charge in [-0.3, -0.25) is 0 Å². The quantitative estimate of drug-likeness (QED) is 0.875. The Bertz CT molecular complexity index is 375. The van der Waals surface area contributed by atoms with E-state index in [1.165, 1.54) is 12.1 Å². The standard InChI is InChI=1S/C13H19F3N2/c1-10(2)17-8-9-18(3)12-7-5-4-6-11(12)13(14,15)16/h4-7,10,17H,8-9H2,1-3H3. The van der Waals surface area contributed by atoms with E-state index in [2.05, 4.69) is 5.32 Å². The summed E-state index contributed by atoms with van der Waals surface area (Å²) < 4.78 is 38.5. The minimum Gasteiger partial charge on any atom is -0.373 e. The first-order valence-corrected chi connectivity index (χ1v) is 5.93. The first-order chi connectivity index (χ1) is 8.32. The number of halogens is 3. The number of alkyl halides is 3. The summed E-state index contributed by atoms with van der Waals surface area (Å²) in [6.45, 7) is 5.19. The highest BCUT2D eigenvalue weighted by molar-refractivity contribution is 5.54. The van der Waals surface area contributed by atoms with Crippen molar-refractivity contribution >= 4 is 5.69 Å². The molecule has 0 saturated carbocycles. The van der Waals surface area contributed by atoms with E-state index in [1.54, 1.807) is 18.0 Å². The van der Waals surface area contributed by atoms with Crippen LogP contribution in [-0.4, -0.2) is 26.2 Å². The van der Waals surface area contributed by atoms with Crippen molar-refractivity contribution < 1.29 is 13.2 Å². The molecule has 0 bridgehead atoms. The lowest BCUT2D eigenvalue weighted by atomic mass is 10.1.